The lowest BCUT2D eigenvalue weighted by Gasteiger charge is -2.16. The van der Waals surface area contributed by atoms with E-state index in [0.717, 1.165) is 30.7 Å². The Kier molecular flexibility index (Phi) is 4.54. The van der Waals surface area contributed by atoms with Crippen LogP contribution >= 0.6 is 0 Å². The fraction of sp³-hybridized carbons (Fsp3) is 0.200. The fourth-order valence-electron chi connectivity index (χ4n) is 2.83. The van der Waals surface area contributed by atoms with E-state index in [9.17, 15) is 0 Å². The highest BCUT2D eigenvalue weighted by atomic mass is 16.5. The van der Waals surface area contributed by atoms with E-state index in [0.29, 0.717) is 5.56 Å². The number of methoxy groups -OCH3 is 1. The van der Waals surface area contributed by atoms with Crippen LogP contribution in [-0.2, 0) is 6.42 Å². The zero-order chi connectivity index (χ0) is 16.1. The molecule has 0 fully saturated rings. The minimum absolute atomic E-state index is 0.696. The molecule has 2 aromatic rings. The average molecular weight is 302 g/mol. The van der Waals surface area contributed by atoms with Gasteiger partial charge < -0.3 is 4.74 Å². The van der Waals surface area contributed by atoms with Crippen LogP contribution in [0.2, 0.25) is 0 Å². The van der Waals surface area contributed by atoms with Crippen LogP contribution in [-0.4, -0.2) is 19.9 Å². The van der Waals surface area contributed by atoms with Crippen LogP contribution in [0.25, 0.3) is 5.57 Å². The number of nitriles is 1. The Morgan fingerprint density at radius 1 is 1.17 bits per heavy atom. The van der Waals surface area contributed by atoms with Crippen molar-refractivity contribution in [2.24, 2.45) is 4.99 Å². The summed E-state index contributed by atoms with van der Waals surface area (Å²) in [5, 5.41) is 9.05. The second-order valence-electron chi connectivity index (χ2n) is 5.51. The number of benzene rings is 2. The molecule has 114 valence electrons. The summed E-state index contributed by atoms with van der Waals surface area (Å²) in [6.07, 6.45) is 3.71. The van der Waals surface area contributed by atoms with Crippen molar-refractivity contribution in [2.75, 3.05) is 13.7 Å². The molecular weight excluding hydrogens is 284 g/mol. The van der Waals surface area contributed by atoms with Gasteiger partial charge in [-0.05, 0) is 59.4 Å². The predicted molar refractivity (Wildman–Crippen MR) is 92.8 cm³/mol. The van der Waals surface area contributed by atoms with Crippen molar-refractivity contribution in [1.82, 2.24) is 0 Å². The SMILES string of the molecule is COc1ccc(C2=C(Cc3cccc(C#N)c3)C=NCC2)cc1. The zero-order valence-corrected chi connectivity index (χ0v) is 13.1. The highest BCUT2D eigenvalue weighted by Crippen LogP contribution is 2.28. The van der Waals surface area contributed by atoms with Crippen LogP contribution in [0.5, 0.6) is 5.75 Å². The molecule has 2 aromatic carbocycles. The largest absolute Gasteiger partial charge is 0.497 e. The normalized spacial score (nSPS) is 13.7. The molecule has 0 unspecified atom stereocenters. The molecule has 0 bridgehead atoms. The Bertz CT molecular complexity index is 795. The van der Waals surface area contributed by atoms with Crippen molar-refractivity contribution < 1.29 is 4.74 Å². The first kappa shape index (κ1) is 15.1. The number of rotatable bonds is 4. The quantitative estimate of drug-likeness (QED) is 0.855. The molecule has 0 N–H and O–H groups in total. The van der Waals surface area contributed by atoms with Crippen molar-refractivity contribution in [1.29, 1.82) is 5.26 Å². The summed E-state index contributed by atoms with van der Waals surface area (Å²) >= 11 is 0. The second-order valence-corrected chi connectivity index (χ2v) is 5.51. The first-order chi connectivity index (χ1) is 11.3. The van der Waals surface area contributed by atoms with E-state index in [1.807, 2.05) is 36.5 Å². The molecule has 3 heteroatoms. The molecule has 1 heterocycles. The van der Waals surface area contributed by atoms with Crippen LogP contribution < -0.4 is 4.74 Å². The minimum Gasteiger partial charge on any atom is -0.497 e. The van der Waals surface area contributed by atoms with Gasteiger partial charge in [0.25, 0.3) is 0 Å². The Balaban J connectivity index is 1.93. The lowest BCUT2D eigenvalue weighted by Crippen LogP contribution is -2.05. The van der Waals surface area contributed by atoms with Crippen molar-refractivity contribution in [3.63, 3.8) is 0 Å². The first-order valence-electron chi connectivity index (χ1n) is 7.65. The molecule has 0 saturated carbocycles. The number of ether oxygens (including phenoxy) is 1. The monoisotopic (exact) mass is 302 g/mol. The van der Waals surface area contributed by atoms with Gasteiger partial charge in [0, 0.05) is 12.8 Å². The summed E-state index contributed by atoms with van der Waals surface area (Å²) in [4.78, 5) is 4.43. The second kappa shape index (κ2) is 6.93. The van der Waals surface area contributed by atoms with Gasteiger partial charge in [-0.25, -0.2) is 0 Å². The number of hydrogen-bond acceptors (Lipinski definition) is 3. The van der Waals surface area contributed by atoms with Gasteiger partial charge in [-0.2, -0.15) is 5.26 Å². The Hall–Kier alpha value is -2.86. The Labute approximate surface area is 136 Å². The van der Waals surface area contributed by atoms with Gasteiger partial charge in [-0.15, -0.1) is 0 Å². The van der Waals surface area contributed by atoms with Gasteiger partial charge in [0.05, 0.1) is 18.7 Å². The van der Waals surface area contributed by atoms with E-state index in [2.05, 4.69) is 29.3 Å². The Morgan fingerprint density at radius 2 is 2.00 bits per heavy atom. The molecule has 0 radical (unpaired) electrons. The van der Waals surface area contributed by atoms with E-state index in [-0.39, 0.29) is 0 Å². The molecule has 0 spiro atoms. The summed E-state index contributed by atoms with van der Waals surface area (Å²) in [5.41, 5.74) is 5.59. The van der Waals surface area contributed by atoms with Gasteiger partial charge in [0.2, 0.25) is 0 Å². The van der Waals surface area contributed by atoms with Gasteiger partial charge in [-0.3, -0.25) is 4.99 Å². The molecule has 23 heavy (non-hydrogen) atoms. The predicted octanol–water partition coefficient (Wildman–Crippen LogP) is 4.04. The number of dihydropyridines is 1. The number of allylic oxidation sites excluding steroid dienone is 1. The molecule has 0 aliphatic carbocycles. The maximum absolute atomic E-state index is 9.05. The molecule has 0 amide bonds. The van der Waals surface area contributed by atoms with Crippen LogP contribution in [0.15, 0.2) is 59.1 Å². The molecule has 1 aliphatic heterocycles. The molecule has 3 rings (SSSR count). The molecule has 1 aliphatic rings. The molecular formula is C20H18N2O. The Morgan fingerprint density at radius 3 is 2.74 bits per heavy atom. The highest BCUT2D eigenvalue weighted by Gasteiger charge is 2.12. The smallest absolute Gasteiger partial charge is 0.118 e. The average Bonchev–Trinajstić information content (AvgIpc) is 2.62. The van der Waals surface area contributed by atoms with Crippen LogP contribution in [0, 0.1) is 11.3 Å². The lowest BCUT2D eigenvalue weighted by molar-refractivity contribution is 0.415. The standard InChI is InChI=1S/C20H18N2O/c1-23-19-7-5-17(6-8-19)20-9-10-22-14-18(20)12-15-3-2-4-16(11-15)13-21/h2-8,11,14H,9-10,12H2,1H3. The highest BCUT2D eigenvalue weighted by molar-refractivity contribution is 5.93. The van der Waals surface area contributed by atoms with E-state index in [1.165, 1.54) is 16.7 Å². The lowest BCUT2D eigenvalue weighted by atomic mass is 9.91. The fourth-order valence-corrected chi connectivity index (χ4v) is 2.83. The summed E-state index contributed by atoms with van der Waals surface area (Å²) in [6, 6.07) is 18.1. The third-order valence-corrected chi connectivity index (χ3v) is 4.01. The van der Waals surface area contributed by atoms with E-state index >= 15 is 0 Å². The summed E-state index contributed by atoms with van der Waals surface area (Å²) in [6.45, 7) is 0.823. The summed E-state index contributed by atoms with van der Waals surface area (Å²) < 4.78 is 5.23. The molecule has 3 nitrogen and oxygen atoms in total. The first-order valence-corrected chi connectivity index (χ1v) is 7.65. The van der Waals surface area contributed by atoms with Crippen LogP contribution in [0.4, 0.5) is 0 Å². The zero-order valence-electron chi connectivity index (χ0n) is 13.1. The molecule has 0 saturated heterocycles. The van der Waals surface area contributed by atoms with E-state index in [1.54, 1.807) is 7.11 Å². The maximum atomic E-state index is 9.05. The number of hydrogen-bond donors (Lipinski definition) is 0. The van der Waals surface area contributed by atoms with Gasteiger partial charge in [0.1, 0.15) is 5.75 Å². The van der Waals surface area contributed by atoms with Gasteiger partial charge in [0.15, 0.2) is 0 Å². The van der Waals surface area contributed by atoms with Crippen LogP contribution in [0.3, 0.4) is 0 Å². The van der Waals surface area contributed by atoms with Gasteiger partial charge in [-0.1, -0.05) is 24.3 Å². The summed E-state index contributed by atoms with van der Waals surface area (Å²) in [5.74, 6) is 0.863. The molecule has 0 aromatic heterocycles. The third-order valence-electron chi connectivity index (χ3n) is 4.01. The van der Waals surface area contributed by atoms with Crippen molar-refractivity contribution in [3.8, 4) is 11.8 Å². The number of aliphatic imine (C=N–C) groups is 1. The molecule has 0 atom stereocenters. The summed E-state index contributed by atoms with van der Waals surface area (Å²) in [7, 11) is 1.68. The maximum Gasteiger partial charge on any atom is 0.118 e. The van der Waals surface area contributed by atoms with Crippen LogP contribution in [0.1, 0.15) is 23.1 Å². The minimum atomic E-state index is 0.696. The topological polar surface area (TPSA) is 45.4 Å². The van der Waals surface area contributed by atoms with E-state index in [4.69, 9.17) is 10.00 Å². The van der Waals surface area contributed by atoms with E-state index < -0.39 is 0 Å². The number of nitrogens with zero attached hydrogens (tertiary/aromatic N) is 2. The van der Waals surface area contributed by atoms with Crippen molar-refractivity contribution in [3.05, 3.63) is 70.8 Å². The van der Waals surface area contributed by atoms with Crippen molar-refractivity contribution >= 4 is 11.8 Å². The third kappa shape index (κ3) is 3.49. The van der Waals surface area contributed by atoms with Crippen molar-refractivity contribution in [2.45, 2.75) is 12.8 Å². The van der Waals surface area contributed by atoms with Gasteiger partial charge >= 0.3 is 0 Å².